The van der Waals surface area contributed by atoms with Gasteiger partial charge in [-0.2, -0.15) is 0 Å². The fourth-order valence-corrected chi connectivity index (χ4v) is 2.93. The third-order valence-electron chi connectivity index (χ3n) is 3.09. The molecule has 0 saturated heterocycles. The first-order valence-corrected chi connectivity index (χ1v) is 9.38. The highest BCUT2D eigenvalue weighted by molar-refractivity contribution is 8.00. The van der Waals surface area contributed by atoms with Crippen LogP contribution in [0.3, 0.4) is 0 Å². The molecular weight excluding hydrogens is 381 g/mol. The molecule has 0 heterocycles. The zero-order chi connectivity index (χ0) is 18.2. The number of carbonyl (C=O) groups is 2. The van der Waals surface area contributed by atoms with Crippen LogP contribution in [0.15, 0.2) is 47.4 Å². The van der Waals surface area contributed by atoms with E-state index in [1.807, 2.05) is 19.1 Å². The Morgan fingerprint density at radius 1 is 1.12 bits per heavy atom. The Balaban J connectivity index is 1.95. The van der Waals surface area contributed by atoms with Gasteiger partial charge in [-0.05, 0) is 48.9 Å². The first-order valence-electron chi connectivity index (χ1n) is 7.64. The molecule has 132 valence electrons. The number of ether oxygens (including phenoxy) is 1. The molecule has 0 atom stereocenters. The summed E-state index contributed by atoms with van der Waals surface area (Å²) in [4.78, 5) is 25.0. The van der Waals surface area contributed by atoms with Crippen molar-refractivity contribution in [3.63, 3.8) is 0 Å². The normalized spacial score (nSPS) is 10.4. The molecule has 2 aromatic carbocycles. The molecule has 1 amide bonds. The number of esters is 1. The molecule has 2 rings (SSSR count). The van der Waals surface area contributed by atoms with E-state index in [-0.39, 0.29) is 22.2 Å². The van der Waals surface area contributed by atoms with Gasteiger partial charge in [-0.1, -0.05) is 30.1 Å². The predicted molar refractivity (Wildman–Crippen MR) is 103 cm³/mol. The molecule has 0 aromatic heterocycles. The van der Waals surface area contributed by atoms with Crippen LogP contribution >= 0.6 is 35.0 Å². The zero-order valence-corrected chi connectivity index (χ0v) is 15.9. The minimum absolute atomic E-state index is 0.185. The maximum atomic E-state index is 12.1. The van der Waals surface area contributed by atoms with E-state index in [9.17, 15) is 9.59 Å². The lowest BCUT2D eigenvalue weighted by Crippen LogP contribution is -2.15. The number of nitrogens with one attached hydrogen (secondary N) is 1. The highest BCUT2D eigenvalue weighted by Crippen LogP contribution is 2.23. The van der Waals surface area contributed by atoms with Gasteiger partial charge in [0.05, 0.1) is 22.9 Å². The predicted octanol–water partition coefficient (Wildman–Crippen LogP) is 5.29. The second kappa shape index (κ2) is 9.70. The Bertz CT molecular complexity index is 750. The van der Waals surface area contributed by atoms with Crippen molar-refractivity contribution in [2.75, 3.05) is 17.7 Å². The molecule has 0 unspecified atom stereocenters. The summed E-state index contributed by atoms with van der Waals surface area (Å²) in [7, 11) is 0. The third-order valence-corrected chi connectivity index (χ3v) is 4.68. The van der Waals surface area contributed by atoms with E-state index in [1.165, 1.54) is 17.8 Å². The number of amides is 1. The van der Waals surface area contributed by atoms with E-state index in [0.29, 0.717) is 17.3 Å². The van der Waals surface area contributed by atoms with Crippen LogP contribution in [-0.2, 0) is 9.53 Å². The minimum atomic E-state index is -0.501. The van der Waals surface area contributed by atoms with Crippen LogP contribution < -0.4 is 5.32 Å². The summed E-state index contributed by atoms with van der Waals surface area (Å²) < 4.78 is 5.08. The van der Waals surface area contributed by atoms with Gasteiger partial charge in [-0.15, -0.1) is 11.8 Å². The number of thioether (sulfide) groups is 1. The fourth-order valence-electron chi connectivity index (χ4n) is 1.91. The van der Waals surface area contributed by atoms with Crippen molar-refractivity contribution in [2.24, 2.45) is 0 Å². The van der Waals surface area contributed by atoms with Crippen LogP contribution in [0.2, 0.25) is 10.0 Å². The van der Waals surface area contributed by atoms with Gasteiger partial charge < -0.3 is 10.1 Å². The number of anilines is 1. The van der Waals surface area contributed by atoms with E-state index in [2.05, 4.69) is 5.32 Å². The van der Waals surface area contributed by atoms with Crippen molar-refractivity contribution in [1.82, 2.24) is 0 Å². The molecule has 0 fully saturated rings. The molecule has 1 N–H and O–H groups in total. The SMILES string of the molecule is CCCOC(=O)c1cc(NC(=O)CSc2ccc(Cl)cc2)ccc1Cl. The summed E-state index contributed by atoms with van der Waals surface area (Å²) in [6, 6.07) is 12.0. The molecule has 2 aromatic rings. The smallest absolute Gasteiger partial charge is 0.339 e. The molecule has 0 saturated carbocycles. The average molecular weight is 398 g/mol. The monoisotopic (exact) mass is 397 g/mol. The Morgan fingerprint density at radius 2 is 1.84 bits per heavy atom. The van der Waals surface area contributed by atoms with Gasteiger partial charge in [0.15, 0.2) is 0 Å². The van der Waals surface area contributed by atoms with E-state index in [0.717, 1.165) is 11.3 Å². The molecular formula is C18H17Cl2NO3S. The van der Waals surface area contributed by atoms with Gasteiger partial charge >= 0.3 is 5.97 Å². The number of rotatable bonds is 7. The highest BCUT2D eigenvalue weighted by Gasteiger charge is 2.13. The maximum absolute atomic E-state index is 12.1. The summed E-state index contributed by atoms with van der Waals surface area (Å²) in [6.45, 7) is 2.23. The number of hydrogen-bond donors (Lipinski definition) is 1. The van der Waals surface area contributed by atoms with Crippen molar-refractivity contribution in [3.8, 4) is 0 Å². The Morgan fingerprint density at radius 3 is 2.52 bits per heavy atom. The largest absolute Gasteiger partial charge is 0.462 e. The van der Waals surface area contributed by atoms with Crippen LogP contribution in [0.5, 0.6) is 0 Å². The molecule has 0 radical (unpaired) electrons. The topological polar surface area (TPSA) is 55.4 Å². The van der Waals surface area contributed by atoms with Gasteiger partial charge in [0.1, 0.15) is 0 Å². The molecule has 0 aliphatic rings. The van der Waals surface area contributed by atoms with Crippen molar-refractivity contribution < 1.29 is 14.3 Å². The van der Waals surface area contributed by atoms with Gasteiger partial charge in [-0.25, -0.2) is 4.79 Å². The van der Waals surface area contributed by atoms with E-state index in [1.54, 1.807) is 24.3 Å². The van der Waals surface area contributed by atoms with Crippen LogP contribution in [0.25, 0.3) is 0 Å². The lowest BCUT2D eigenvalue weighted by atomic mass is 10.2. The van der Waals surface area contributed by atoms with Gasteiger partial charge in [0.2, 0.25) is 5.91 Å². The minimum Gasteiger partial charge on any atom is -0.462 e. The lowest BCUT2D eigenvalue weighted by molar-refractivity contribution is -0.113. The van der Waals surface area contributed by atoms with Gasteiger partial charge in [0.25, 0.3) is 0 Å². The molecule has 7 heteroatoms. The van der Waals surface area contributed by atoms with E-state index in [4.69, 9.17) is 27.9 Å². The lowest BCUT2D eigenvalue weighted by Gasteiger charge is -2.09. The van der Waals surface area contributed by atoms with Crippen molar-refractivity contribution in [1.29, 1.82) is 0 Å². The third kappa shape index (κ3) is 6.27. The summed E-state index contributed by atoms with van der Waals surface area (Å²) in [6.07, 6.45) is 0.724. The first kappa shape index (κ1) is 19.6. The summed E-state index contributed by atoms with van der Waals surface area (Å²) in [5.74, 6) is -0.450. The van der Waals surface area contributed by atoms with Gasteiger partial charge in [-0.3, -0.25) is 4.79 Å². The number of hydrogen-bond acceptors (Lipinski definition) is 4. The zero-order valence-electron chi connectivity index (χ0n) is 13.6. The van der Waals surface area contributed by atoms with Gasteiger partial charge in [0, 0.05) is 15.6 Å². The number of carbonyl (C=O) groups excluding carboxylic acids is 2. The molecule has 0 aliphatic carbocycles. The molecule has 4 nitrogen and oxygen atoms in total. The number of benzene rings is 2. The Kier molecular flexibility index (Phi) is 7.62. The van der Waals surface area contributed by atoms with Crippen molar-refractivity contribution >= 4 is 52.5 Å². The molecule has 0 bridgehead atoms. The van der Waals surface area contributed by atoms with Crippen LogP contribution in [0.1, 0.15) is 23.7 Å². The van der Waals surface area contributed by atoms with E-state index >= 15 is 0 Å². The van der Waals surface area contributed by atoms with Crippen LogP contribution in [0.4, 0.5) is 5.69 Å². The quantitative estimate of drug-likeness (QED) is 0.509. The molecule has 0 spiro atoms. The average Bonchev–Trinajstić information content (AvgIpc) is 2.61. The fraction of sp³-hybridized carbons (Fsp3) is 0.222. The standard InChI is InChI=1S/C18H17Cl2NO3S/c1-2-9-24-18(23)15-10-13(5-8-16(15)20)21-17(22)11-25-14-6-3-12(19)4-7-14/h3-8,10H,2,9,11H2,1H3,(H,21,22). The summed E-state index contributed by atoms with van der Waals surface area (Å²) in [5.41, 5.74) is 0.729. The van der Waals surface area contributed by atoms with Crippen LogP contribution in [-0.4, -0.2) is 24.2 Å². The highest BCUT2D eigenvalue weighted by atomic mass is 35.5. The molecule has 25 heavy (non-hydrogen) atoms. The second-order valence-corrected chi connectivity index (χ2v) is 7.01. The molecule has 0 aliphatic heterocycles. The summed E-state index contributed by atoms with van der Waals surface area (Å²) in [5, 5.41) is 3.69. The Labute approximate surface area is 160 Å². The summed E-state index contributed by atoms with van der Waals surface area (Å²) >= 11 is 13.3. The van der Waals surface area contributed by atoms with Crippen molar-refractivity contribution in [2.45, 2.75) is 18.2 Å². The van der Waals surface area contributed by atoms with E-state index < -0.39 is 5.97 Å². The second-order valence-electron chi connectivity index (χ2n) is 5.12. The first-order chi connectivity index (χ1) is 12.0. The number of halogens is 2. The Hall–Kier alpha value is -1.69. The van der Waals surface area contributed by atoms with Crippen molar-refractivity contribution in [3.05, 3.63) is 58.1 Å². The van der Waals surface area contributed by atoms with Crippen LogP contribution in [0, 0.1) is 0 Å². The maximum Gasteiger partial charge on any atom is 0.339 e.